The monoisotopic (exact) mass is 362 g/mol. The van der Waals surface area contributed by atoms with Crippen LogP contribution in [-0.4, -0.2) is 66.2 Å². The van der Waals surface area contributed by atoms with Gasteiger partial charge in [-0.3, -0.25) is 35.2 Å². The minimum Gasteiger partial charge on any atom is -0.369 e. The molecule has 3 unspecified atom stereocenters. The van der Waals surface area contributed by atoms with Crippen LogP contribution in [0.5, 0.6) is 0 Å². The Morgan fingerprint density at radius 1 is 1.44 bits per heavy atom. The number of alkyl halides is 3. The van der Waals surface area contributed by atoms with E-state index in [4.69, 9.17) is 11.0 Å². The number of imide groups is 1. The summed E-state index contributed by atoms with van der Waals surface area (Å²) < 4.78 is 39.8. The number of amides is 3. The molecule has 5 N–H and O–H groups in total. The first-order valence-corrected chi connectivity index (χ1v) is 7.46. The number of halogens is 3. The van der Waals surface area contributed by atoms with Gasteiger partial charge < -0.3 is 5.73 Å². The summed E-state index contributed by atoms with van der Waals surface area (Å²) >= 11 is 0. The number of piperazine rings is 1. The van der Waals surface area contributed by atoms with Crippen LogP contribution in [0, 0.1) is 11.3 Å². The van der Waals surface area contributed by atoms with Crippen LogP contribution in [0.1, 0.15) is 12.8 Å². The standard InChI is InChI=1S/C13H17F3N6O3/c14-13(15,16)11-7(3-17)20-9(5-22(11)4-8(18)23)19-6-1-2-10(24)21-12(6)25/h6-7,9,11,19-20H,1-2,4-5H2,(H2,18,23)(H,21,24,25)/t6?,7?,9?,11-/m1/s1. The normalized spacial score (nSPS) is 31.3. The van der Waals surface area contributed by atoms with E-state index in [1.54, 1.807) is 0 Å². The van der Waals surface area contributed by atoms with Crippen molar-refractivity contribution in [3.05, 3.63) is 0 Å². The topological polar surface area (TPSA) is 140 Å². The fourth-order valence-corrected chi connectivity index (χ4v) is 2.98. The molecule has 4 atom stereocenters. The fraction of sp³-hybridized carbons (Fsp3) is 0.692. The number of hydrogen-bond acceptors (Lipinski definition) is 7. The van der Waals surface area contributed by atoms with Crippen molar-refractivity contribution in [2.45, 2.75) is 43.3 Å². The molecule has 2 aliphatic rings. The molecule has 2 heterocycles. The molecule has 0 saturated carbocycles. The molecule has 0 aliphatic carbocycles. The van der Waals surface area contributed by atoms with Crippen LogP contribution in [0.15, 0.2) is 0 Å². The SMILES string of the molecule is N#CC1NC(NC2CCC(=O)NC2=O)CN(CC(N)=O)[C@H]1C(F)(F)F. The molecular weight excluding hydrogens is 345 g/mol. The highest BCUT2D eigenvalue weighted by molar-refractivity contribution is 6.00. The van der Waals surface area contributed by atoms with Gasteiger partial charge in [0.05, 0.1) is 24.8 Å². The maximum absolute atomic E-state index is 13.3. The predicted octanol–water partition coefficient (Wildman–Crippen LogP) is -2.08. The summed E-state index contributed by atoms with van der Waals surface area (Å²) in [5.74, 6) is -1.99. The van der Waals surface area contributed by atoms with E-state index >= 15 is 0 Å². The highest BCUT2D eigenvalue weighted by Crippen LogP contribution is 2.29. The van der Waals surface area contributed by atoms with E-state index in [0.29, 0.717) is 0 Å². The molecule has 2 rings (SSSR count). The van der Waals surface area contributed by atoms with Gasteiger partial charge in [-0.05, 0) is 6.42 Å². The van der Waals surface area contributed by atoms with Gasteiger partial charge in [-0.1, -0.05) is 0 Å². The molecule has 2 aliphatic heterocycles. The van der Waals surface area contributed by atoms with Crippen molar-refractivity contribution < 1.29 is 27.6 Å². The lowest BCUT2D eigenvalue weighted by molar-refractivity contribution is -0.196. The molecule has 12 heteroatoms. The summed E-state index contributed by atoms with van der Waals surface area (Å²) in [6.07, 6.45) is -5.35. The average molecular weight is 362 g/mol. The third-order valence-corrected chi connectivity index (χ3v) is 3.98. The molecule has 0 spiro atoms. The lowest BCUT2D eigenvalue weighted by Gasteiger charge is -2.44. The quantitative estimate of drug-likeness (QED) is 0.421. The van der Waals surface area contributed by atoms with E-state index in [-0.39, 0.29) is 19.4 Å². The maximum Gasteiger partial charge on any atom is 0.406 e. The summed E-state index contributed by atoms with van der Waals surface area (Å²) in [6.45, 7) is -0.986. The molecule has 2 saturated heterocycles. The Morgan fingerprint density at radius 3 is 2.64 bits per heavy atom. The van der Waals surface area contributed by atoms with E-state index < -0.39 is 54.7 Å². The molecule has 2 fully saturated rings. The zero-order valence-corrected chi connectivity index (χ0v) is 13.0. The Balaban J connectivity index is 2.14. The summed E-state index contributed by atoms with van der Waals surface area (Å²) in [5.41, 5.74) is 5.01. The summed E-state index contributed by atoms with van der Waals surface area (Å²) in [5, 5.41) is 16.5. The number of primary amides is 1. The Hall–Kier alpha value is -2.23. The van der Waals surface area contributed by atoms with Gasteiger partial charge in [-0.25, -0.2) is 0 Å². The van der Waals surface area contributed by atoms with Crippen molar-refractivity contribution in [1.29, 1.82) is 5.26 Å². The largest absolute Gasteiger partial charge is 0.406 e. The van der Waals surface area contributed by atoms with Crippen LogP contribution in [0.4, 0.5) is 13.2 Å². The van der Waals surface area contributed by atoms with Gasteiger partial charge in [0.2, 0.25) is 17.7 Å². The van der Waals surface area contributed by atoms with Crippen LogP contribution in [0.2, 0.25) is 0 Å². The zero-order valence-electron chi connectivity index (χ0n) is 13.0. The van der Waals surface area contributed by atoms with Crippen molar-refractivity contribution in [3.63, 3.8) is 0 Å². The van der Waals surface area contributed by atoms with Crippen LogP contribution >= 0.6 is 0 Å². The molecule has 0 aromatic heterocycles. The molecule has 3 amide bonds. The Kier molecular flexibility index (Phi) is 5.61. The zero-order chi connectivity index (χ0) is 18.8. The Bertz CT molecular complexity index is 605. The minimum atomic E-state index is -4.75. The lowest BCUT2D eigenvalue weighted by atomic mass is 10.0. The number of carbonyl (C=O) groups is 3. The van der Waals surface area contributed by atoms with Crippen molar-refractivity contribution in [3.8, 4) is 6.07 Å². The van der Waals surface area contributed by atoms with E-state index in [1.165, 1.54) is 6.07 Å². The number of nitrogens with zero attached hydrogens (tertiary/aromatic N) is 2. The Labute approximate surface area is 140 Å². The first-order chi connectivity index (χ1) is 11.6. The molecule has 0 bridgehead atoms. The van der Waals surface area contributed by atoms with Crippen molar-refractivity contribution in [2.75, 3.05) is 13.1 Å². The van der Waals surface area contributed by atoms with Gasteiger partial charge >= 0.3 is 6.18 Å². The van der Waals surface area contributed by atoms with E-state index in [2.05, 4.69) is 16.0 Å². The summed E-state index contributed by atoms with van der Waals surface area (Å²) in [6, 6.07) is -3.13. The number of nitriles is 1. The van der Waals surface area contributed by atoms with Crippen molar-refractivity contribution in [1.82, 2.24) is 20.9 Å². The molecule has 0 radical (unpaired) electrons. The predicted molar refractivity (Wildman–Crippen MR) is 76.2 cm³/mol. The third-order valence-electron chi connectivity index (χ3n) is 3.98. The van der Waals surface area contributed by atoms with Gasteiger partial charge in [0.1, 0.15) is 12.1 Å². The minimum absolute atomic E-state index is 0.0913. The number of nitrogens with one attached hydrogen (secondary N) is 3. The molecular formula is C13H17F3N6O3. The second kappa shape index (κ2) is 7.34. The average Bonchev–Trinajstić information content (AvgIpc) is 2.47. The van der Waals surface area contributed by atoms with Gasteiger partial charge in [0.15, 0.2) is 0 Å². The molecule has 0 aromatic carbocycles. The van der Waals surface area contributed by atoms with Crippen LogP contribution in [-0.2, 0) is 14.4 Å². The van der Waals surface area contributed by atoms with Gasteiger partial charge in [-0.2, -0.15) is 18.4 Å². The number of nitrogens with two attached hydrogens (primary N) is 1. The van der Waals surface area contributed by atoms with Crippen LogP contribution in [0.25, 0.3) is 0 Å². The number of carbonyl (C=O) groups excluding carboxylic acids is 3. The maximum atomic E-state index is 13.3. The highest BCUT2D eigenvalue weighted by atomic mass is 19.4. The smallest absolute Gasteiger partial charge is 0.369 e. The van der Waals surface area contributed by atoms with Crippen molar-refractivity contribution >= 4 is 17.7 Å². The number of piperidine rings is 1. The molecule has 0 aromatic rings. The summed E-state index contributed by atoms with van der Waals surface area (Å²) in [7, 11) is 0. The van der Waals surface area contributed by atoms with E-state index in [9.17, 15) is 27.6 Å². The molecule has 25 heavy (non-hydrogen) atoms. The van der Waals surface area contributed by atoms with Gasteiger partial charge in [0.25, 0.3) is 0 Å². The van der Waals surface area contributed by atoms with E-state index in [0.717, 1.165) is 4.90 Å². The third kappa shape index (κ3) is 4.65. The second-order valence-electron chi connectivity index (χ2n) is 5.88. The lowest BCUT2D eigenvalue weighted by Crippen LogP contribution is -2.71. The summed E-state index contributed by atoms with van der Waals surface area (Å²) in [4.78, 5) is 34.8. The molecule has 9 nitrogen and oxygen atoms in total. The number of rotatable bonds is 4. The van der Waals surface area contributed by atoms with Crippen LogP contribution < -0.4 is 21.7 Å². The van der Waals surface area contributed by atoms with E-state index in [1.807, 2.05) is 0 Å². The first kappa shape index (κ1) is 19.1. The van der Waals surface area contributed by atoms with Gasteiger partial charge in [-0.15, -0.1) is 0 Å². The first-order valence-electron chi connectivity index (χ1n) is 7.46. The van der Waals surface area contributed by atoms with Crippen LogP contribution in [0.3, 0.4) is 0 Å². The Morgan fingerprint density at radius 2 is 2.12 bits per heavy atom. The van der Waals surface area contributed by atoms with Crippen molar-refractivity contribution in [2.24, 2.45) is 5.73 Å². The molecule has 138 valence electrons. The second-order valence-corrected chi connectivity index (χ2v) is 5.88. The number of hydrogen-bond donors (Lipinski definition) is 4. The fourth-order valence-electron chi connectivity index (χ4n) is 2.98. The van der Waals surface area contributed by atoms with Gasteiger partial charge in [0, 0.05) is 13.0 Å². The highest BCUT2D eigenvalue weighted by Gasteiger charge is 2.52.